The predicted octanol–water partition coefficient (Wildman–Crippen LogP) is 1.74. The summed E-state index contributed by atoms with van der Waals surface area (Å²) in [5, 5.41) is 13.8. The van der Waals surface area contributed by atoms with E-state index in [1.165, 1.54) is 12.1 Å². The summed E-state index contributed by atoms with van der Waals surface area (Å²) in [7, 11) is 0. The van der Waals surface area contributed by atoms with Crippen molar-refractivity contribution in [3.63, 3.8) is 0 Å². The molecule has 1 rings (SSSR count). The zero-order valence-electron chi connectivity index (χ0n) is 10.6. The van der Waals surface area contributed by atoms with Crippen molar-refractivity contribution in [1.82, 2.24) is 10.6 Å². The molecule has 0 aromatic heterocycles. The Morgan fingerprint density at radius 2 is 2.11 bits per heavy atom. The standard InChI is InChI=1S/C13H17FN2O3/c1-9(12(17)18)5-6-15-13(19)16-8-10-3-2-4-11(14)7-10/h2-4,7,9H,5-6,8H2,1H3,(H,17,18)(H2,15,16,19). The van der Waals surface area contributed by atoms with Crippen LogP contribution in [0.4, 0.5) is 9.18 Å². The van der Waals surface area contributed by atoms with Gasteiger partial charge in [0.25, 0.3) is 0 Å². The Balaban J connectivity index is 2.23. The Kier molecular flexibility index (Phi) is 5.78. The van der Waals surface area contributed by atoms with Crippen molar-refractivity contribution in [2.75, 3.05) is 6.54 Å². The molecule has 0 aliphatic heterocycles. The van der Waals surface area contributed by atoms with Crippen molar-refractivity contribution in [2.45, 2.75) is 19.9 Å². The summed E-state index contributed by atoms with van der Waals surface area (Å²) in [5.41, 5.74) is 0.661. The molecule has 2 amide bonds. The fraction of sp³-hybridized carbons (Fsp3) is 0.385. The number of rotatable bonds is 6. The number of amides is 2. The number of carboxylic acids is 1. The van der Waals surface area contributed by atoms with Gasteiger partial charge in [-0.2, -0.15) is 0 Å². The van der Waals surface area contributed by atoms with Crippen molar-refractivity contribution < 1.29 is 19.1 Å². The molecular formula is C13H17FN2O3. The number of carbonyl (C=O) groups excluding carboxylic acids is 1. The molecule has 19 heavy (non-hydrogen) atoms. The van der Waals surface area contributed by atoms with Gasteiger partial charge in [0.05, 0.1) is 5.92 Å². The maximum absolute atomic E-state index is 12.9. The molecule has 1 aromatic rings. The molecule has 0 heterocycles. The van der Waals surface area contributed by atoms with Crippen LogP contribution in [-0.2, 0) is 11.3 Å². The zero-order valence-corrected chi connectivity index (χ0v) is 10.6. The first-order valence-electron chi connectivity index (χ1n) is 5.98. The van der Waals surface area contributed by atoms with Crippen molar-refractivity contribution >= 4 is 12.0 Å². The molecule has 0 spiro atoms. The van der Waals surface area contributed by atoms with Crippen LogP contribution in [0, 0.1) is 11.7 Å². The second kappa shape index (κ2) is 7.35. The van der Waals surface area contributed by atoms with Crippen LogP contribution in [0.2, 0.25) is 0 Å². The number of aliphatic carboxylic acids is 1. The van der Waals surface area contributed by atoms with Crippen LogP contribution in [0.3, 0.4) is 0 Å². The molecule has 5 nitrogen and oxygen atoms in total. The van der Waals surface area contributed by atoms with E-state index in [9.17, 15) is 14.0 Å². The molecule has 1 atom stereocenters. The number of urea groups is 1. The Labute approximate surface area is 110 Å². The fourth-order valence-electron chi connectivity index (χ4n) is 1.42. The molecule has 0 aliphatic carbocycles. The van der Waals surface area contributed by atoms with Gasteiger partial charge in [-0.15, -0.1) is 0 Å². The number of benzene rings is 1. The van der Waals surface area contributed by atoms with Crippen LogP contribution in [0.5, 0.6) is 0 Å². The SMILES string of the molecule is CC(CCNC(=O)NCc1cccc(F)c1)C(=O)O. The van der Waals surface area contributed by atoms with Gasteiger partial charge in [-0.1, -0.05) is 19.1 Å². The Morgan fingerprint density at radius 1 is 1.37 bits per heavy atom. The van der Waals surface area contributed by atoms with Gasteiger partial charge >= 0.3 is 12.0 Å². The molecule has 1 aromatic carbocycles. The molecule has 1 unspecified atom stereocenters. The van der Waals surface area contributed by atoms with E-state index in [2.05, 4.69) is 10.6 Å². The van der Waals surface area contributed by atoms with Crippen molar-refractivity contribution in [3.8, 4) is 0 Å². The van der Waals surface area contributed by atoms with Gasteiger partial charge in [0.1, 0.15) is 5.82 Å². The number of carboxylic acid groups (broad SMARTS) is 1. The lowest BCUT2D eigenvalue weighted by atomic mass is 10.1. The number of hydrogen-bond donors (Lipinski definition) is 3. The Hall–Kier alpha value is -2.11. The third kappa shape index (κ3) is 5.85. The highest BCUT2D eigenvalue weighted by Gasteiger charge is 2.10. The summed E-state index contributed by atoms with van der Waals surface area (Å²) in [6, 6.07) is 5.54. The van der Waals surface area contributed by atoms with Crippen LogP contribution < -0.4 is 10.6 Å². The molecule has 0 bridgehead atoms. The number of nitrogens with one attached hydrogen (secondary N) is 2. The van der Waals surface area contributed by atoms with E-state index in [4.69, 9.17) is 5.11 Å². The maximum atomic E-state index is 12.9. The van der Waals surface area contributed by atoms with E-state index in [-0.39, 0.29) is 18.9 Å². The number of halogens is 1. The first-order valence-corrected chi connectivity index (χ1v) is 5.98. The molecule has 3 N–H and O–H groups in total. The zero-order chi connectivity index (χ0) is 14.3. The van der Waals surface area contributed by atoms with E-state index in [1.807, 2.05) is 0 Å². The summed E-state index contributed by atoms with van der Waals surface area (Å²) in [6.07, 6.45) is 0.364. The van der Waals surface area contributed by atoms with Gasteiger partial charge in [0.2, 0.25) is 0 Å². The molecule has 0 saturated carbocycles. The van der Waals surface area contributed by atoms with E-state index >= 15 is 0 Å². The third-order valence-electron chi connectivity index (χ3n) is 2.63. The lowest BCUT2D eigenvalue weighted by molar-refractivity contribution is -0.141. The molecular weight excluding hydrogens is 251 g/mol. The quantitative estimate of drug-likeness (QED) is 0.735. The van der Waals surface area contributed by atoms with Crippen LogP contribution in [0.15, 0.2) is 24.3 Å². The molecule has 0 aliphatic rings. The van der Waals surface area contributed by atoms with Crippen molar-refractivity contribution in [1.29, 1.82) is 0 Å². The van der Waals surface area contributed by atoms with E-state index < -0.39 is 17.9 Å². The lowest BCUT2D eigenvalue weighted by Gasteiger charge is -2.09. The topological polar surface area (TPSA) is 78.4 Å². The maximum Gasteiger partial charge on any atom is 0.315 e. The predicted molar refractivity (Wildman–Crippen MR) is 68.1 cm³/mol. The van der Waals surface area contributed by atoms with Gasteiger partial charge in [0, 0.05) is 13.1 Å². The average Bonchev–Trinajstić information content (AvgIpc) is 2.36. The van der Waals surface area contributed by atoms with Gasteiger partial charge in [-0.3, -0.25) is 4.79 Å². The highest BCUT2D eigenvalue weighted by atomic mass is 19.1. The largest absolute Gasteiger partial charge is 0.481 e. The minimum atomic E-state index is -0.887. The minimum absolute atomic E-state index is 0.220. The normalized spacial score (nSPS) is 11.7. The van der Waals surface area contributed by atoms with Gasteiger partial charge in [-0.05, 0) is 24.1 Å². The third-order valence-corrected chi connectivity index (χ3v) is 2.63. The molecule has 0 fully saturated rings. The minimum Gasteiger partial charge on any atom is -0.481 e. The average molecular weight is 268 g/mol. The van der Waals surface area contributed by atoms with Gasteiger partial charge < -0.3 is 15.7 Å². The van der Waals surface area contributed by atoms with Crippen LogP contribution in [0.1, 0.15) is 18.9 Å². The molecule has 0 saturated heterocycles. The molecule has 6 heteroatoms. The summed E-state index contributed by atoms with van der Waals surface area (Å²) in [6.45, 7) is 2.08. The molecule has 0 radical (unpaired) electrons. The van der Waals surface area contributed by atoms with E-state index in [0.29, 0.717) is 12.0 Å². The number of carbonyl (C=O) groups is 2. The number of hydrogen-bond acceptors (Lipinski definition) is 2. The second-order valence-electron chi connectivity index (χ2n) is 4.27. The lowest BCUT2D eigenvalue weighted by Crippen LogP contribution is -2.36. The van der Waals surface area contributed by atoms with Crippen molar-refractivity contribution in [2.24, 2.45) is 5.92 Å². The van der Waals surface area contributed by atoms with Gasteiger partial charge in [-0.25, -0.2) is 9.18 Å². The van der Waals surface area contributed by atoms with Crippen LogP contribution in [0.25, 0.3) is 0 Å². The van der Waals surface area contributed by atoms with Crippen molar-refractivity contribution in [3.05, 3.63) is 35.6 Å². The molecule has 104 valence electrons. The summed E-state index contributed by atoms with van der Waals surface area (Å²) in [5.74, 6) is -1.74. The Bertz CT molecular complexity index is 451. The van der Waals surface area contributed by atoms with Crippen LogP contribution in [-0.4, -0.2) is 23.7 Å². The Morgan fingerprint density at radius 3 is 2.74 bits per heavy atom. The summed E-state index contributed by atoms with van der Waals surface area (Å²) in [4.78, 5) is 21.9. The summed E-state index contributed by atoms with van der Waals surface area (Å²) < 4.78 is 12.9. The smallest absolute Gasteiger partial charge is 0.315 e. The summed E-state index contributed by atoms with van der Waals surface area (Å²) >= 11 is 0. The monoisotopic (exact) mass is 268 g/mol. The van der Waals surface area contributed by atoms with E-state index in [0.717, 1.165) is 0 Å². The van der Waals surface area contributed by atoms with Crippen LogP contribution >= 0.6 is 0 Å². The highest BCUT2D eigenvalue weighted by Crippen LogP contribution is 2.02. The first kappa shape index (κ1) is 14.9. The first-order chi connectivity index (χ1) is 8.99. The van der Waals surface area contributed by atoms with Gasteiger partial charge in [0.15, 0.2) is 0 Å². The highest BCUT2D eigenvalue weighted by molar-refractivity contribution is 5.74. The fourth-order valence-corrected chi connectivity index (χ4v) is 1.42. The second-order valence-corrected chi connectivity index (χ2v) is 4.27. The van der Waals surface area contributed by atoms with E-state index in [1.54, 1.807) is 19.1 Å².